The Hall–Kier alpha value is -2.48. The fourth-order valence-corrected chi connectivity index (χ4v) is 4.53. The molecular formula is C19H24N6O2. The van der Waals surface area contributed by atoms with Gasteiger partial charge >= 0.3 is 0 Å². The van der Waals surface area contributed by atoms with E-state index in [0.717, 1.165) is 62.8 Å². The van der Waals surface area contributed by atoms with Gasteiger partial charge in [0.1, 0.15) is 0 Å². The minimum Gasteiger partial charge on any atom is -0.378 e. The number of hydrogen-bond acceptors (Lipinski definition) is 6. The first-order valence-electron chi connectivity index (χ1n) is 9.77. The van der Waals surface area contributed by atoms with Gasteiger partial charge in [0.25, 0.3) is 0 Å². The van der Waals surface area contributed by atoms with Crippen molar-refractivity contribution in [3.05, 3.63) is 35.9 Å². The third-order valence-electron chi connectivity index (χ3n) is 5.87. The largest absolute Gasteiger partial charge is 0.378 e. The van der Waals surface area contributed by atoms with Crippen LogP contribution in [0.1, 0.15) is 36.6 Å². The van der Waals surface area contributed by atoms with Crippen LogP contribution in [0.4, 0.5) is 5.95 Å². The van der Waals surface area contributed by atoms with Crippen LogP contribution in [0.2, 0.25) is 0 Å². The number of amides is 1. The van der Waals surface area contributed by atoms with E-state index in [2.05, 4.69) is 19.9 Å². The van der Waals surface area contributed by atoms with Crippen molar-refractivity contribution in [2.75, 3.05) is 31.2 Å². The molecule has 0 aromatic carbocycles. The lowest BCUT2D eigenvalue weighted by atomic mass is 9.99. The molecule has 3 aliphatic heterocycles. The summed E-state index contributed by atoms with van der Waals surface area (Å²) < 4.78 is 7.24. The predicted octanol–water partition coefficient (Wildman–Crippen LogP) is 1.19. The molecule has 0 unspecified atom stereocenters. The van der Waals surface area contributed by atoms with Crippen molar-refractivity contribution in [2.24, 2.45) is 0 Å². The summed E-state index contributed by atoms with van der Waals surface area (Å²) in [7, 11) is 0. The summed E-state index contributed by atoms with van der Waals surface area (Å²) in [6.45, 7) is 3.75. The van der Waals surface area contributed by atoms with Crippen LogP contribution in [0.3, 0.4) is 0 Å². The van der Waals surface area contributed by atoms with E-state index in [4.69, 9.17) is 9.72 Å². The normalized spacial score (nSPS) is 24.1. The Morgan fingerprint density at radius 1 is 1.26 bits per heavy atom. The Bertz CT molecular complexity index is 818. The van der Waals surface area contributed by atoms with Crippen molar-refractivity contribution < 1.29 is 9.53 Å². The van der Waals surface area contributed by atoms with Crippen LogP contribution >= 0.6 is 0 Å². The maximum atomic E-state index is 12.9. The number of carbonyl (C=O) groups is 1. The van der Waals surface area contributed by atoms with Crippen LogP contribution in [0, 0.1) is 0 Å². The highest BCUT2D eigenvalue weighted by Gasteiger charge is 2.43. The molecule has 27 heavy (non-hydrogen) atoms. The summed E-state index contributed by atoms with van der Waals surface area (Å²) in [4.78, 5) is 26.7. The van der Waals surface area contributed by atoms with Crippen LogP contribution in [0.25, 0.3) is 0 Å². The lowest BCUT2D eigenvalue weighted by molar-refractivity contribution is -0.135. The zero-order valence-electron chi connectivity index (χ0n) is 15.3. The first-order chi connectivity index (χ1) is 13.3. The maximum Gasteiger partial charge on any atom is 0.225 e. The second-order valence-electron chi connectivity index (χ2n) is 7.44. The smallest absolute Gasteiger partial charge is 0.225 e. The maximum absolute atomic E-state index is 12.9. The van der Waals surface area contributed by atoms with Crippen molar-refractivity contribution in [3.63, 3.8) is 0 Å². The standard InChI is InChI=1S/C19H24N6O2/c26-18(4-7-24-6-1-5-21-24)25-14-2-3-17(25)15-13-20-19(22-16(15)12-14)23-8-10-27-11-9-23/h1,5-6,13-14,17H,2-4,7-12H2/t14-,17+/m1/s1. The van der Waals surface area contributed by atoms with E-state index in [-0.39, 0.29) is 18.0 Å². The first-order valence-corrected chi connectivity index (χ1v) is 9.77. The number of ether oxygens (including phenoxy) is 1. The van der Waals surface area contributed by atoms with E-state index in [1.54, 1.807) is 6.20 Å². The molecule has 5 heterocycles. The second-order valence-corrected chi connectivity index (χ2v) is 7.44. The quantitative estimate of drug-likeness (QED) is 0.807. The molecule has 2 aromatic heterocycles. The second kappa shape index (κ2) is 6.92. The van der Waals surface area contributed by atoms with Crippen molar-refractivity contribution in [1.29, 1.82) is 0 Å². The molecule has 2 saturated heterocycles. The molecule has 0 aliphatic carbocycles. The van der Waals surface area contributed by atoms with E-state index in [9.17, 15) is 4.79 Å². The van der Waals surface area contributed by atoms with E-state index in [0.29, 0.717) is 13.0 Å². The Morgan fingerprint density at radius 3 is 2.96 bits per heavy atom. The highest BCUT2D eigenvalue weighted by atomic mass is 16.5. The predicted molar refractivity (Wildman–Crippen MR) is 98.2 cm³/mol. The van der Waals surface area contributed by atoms with Gasteiger partial charge in [-0.05, 0) is 18.9 Å². The molecule has 2 atom stereocenters. The Balaban J connectivity index is 1.33. The third-order valence-corrected chi connectivity index (χ3v) is 5.87. The van der Waals surface area contributed by atoms with E-state index in [1.165, 1.54) is 0 Å². The average molecular weight is 368 g/mol. The van der Waals surface area contributed by atoms with Gasteiger partial charge < -0.3 is 14.5 Å². The number of aromatic nitrogens is 4. The van der Waals surface area contributed by atoms with Crippen LogP contribution in [0.15, 0.2) is 24.7 Å². The highest BCUT2D eigenvalue weighted by molar-refractivity contribution is 5.78. The van der Waals surface area contributed by atoms with Gasteiger partial charge in [-0.15, -0.1) is 0 Å². The van der Waals surface area contributed by atoms with E-state index >= 15 is 0 Å². The van der Waals surface area contributed by atoms with Gasteiger partial charge in [-0.2, -0.15) is 5.10 Å². The lowest BCUT2D eigenvalue weighted by Crippen LogP contribution is -2.43. The molecule has 0 spiro atoms. The Kier molecular flexibility index (Phi) is 4.27. The highest BCUT2D eigenvalue weighted by Crippen LogP contribution is 2.43. The Labute approximate surface area is 158 Å². The minimum atomic E-state index is 0.127. The minimum absolute atomic E-state index is 0.127. The molecule has 0 saturated carbocycles. The number of anilines is 1. The van der Waals surface area contributed by atoms with Crippen molar-refractivity contribution >= 4 is 11.9 Å². The molecule has 2 bridgehead atoms. The number of aryl methyl sites for hydroxylation is 1. The summed E-state index contributed by atoms with van der Waals surface area (Å²) in [5, 5.41) is 4.19. The SMILES string of the molecule is O=C(CCn1cccn1)N1[C@@H]2CC[C@H]1c1cnc(N3CCOCC3)nc1C2. The molecular weight excluding hydrogens is 344 g/mol. The molecule has 142 valence electrons. The van der Waals surface area contributed by atoms with Crippen LogP contribution in [-0.2, 0) is 22.5 Å². The zero-order chi connectivity index (χ0) is 18.2. The zero-order valence-corrected chi connectivity index (χ0v) is 15.3. The molecule has 3 aliphatic rings. The summed E-state index contributed by atoms with van der Waals surface area (Å²) in [6.07, 6.45) is 8.96. The molecule has 8 heteroatoms. The van der Waals surface area contributed by atoms with Gasteiger partial charge in [0.15, 0.2) is 0 Å². The monoisotopic (exact) mass is 368 g/mol. The molecule has 5 rings (SSSR count). The number of fused-ring (bicyclic) bond motifs is 4. The van der Waals surface area contributed by atoms with Gasteiger partial charge in [0.2, 0.25) is 11.9 Å². The van der Waals surface area contributed by atoms with Crippen LogP contribution < -0.4 is 4.90 Å². The van der Waals surface area contributed by atoms with Crippen molar-refractivity contribution in [2.45, 2.75) is 44.3 Å². The topological polar surface area (TPSA) is 76.4 Å². The number of nitrogens with zero attached hydrogens (tertiary/aromatic N) is 6. The third kappa shape index (κ3) is 3.07. The number of carbonyl (C=O) groups excluding carboxylic acids is 1. The van der Waals surface area contributed by atoms with Gasteiger partial charge in [0.05, 0.1) is 24.9 Å². The fraction of sp³-hybridized carbons (Fsp3) is 0.579. The number of rotatable bonds is 4. The van der Waals surface area contributed by atoms with Gasteiger partial charge in [-0.25, -0.2) is 9.97 Å². The van der Waals surface area contributed by atoms with Crippen molar-refractivity contribution in [3.8, 4) is 0 Å². The number of hydrogen-bond donors (Lipinski definition) is 0. The van der Waals surface area contributed by atoms with Crippen LogP contribution in [0.5, 0.6) is 0 Å². The summed E-state index contributed by atoms with van der Waals surface area (Å²) in [5.41, 5.74) is 2.25. The summed E-state index contributed by atoms with van der Waals surface area (Å²) >= 11 is 0. The Morgan fingerprint density at radius 2 is 2.15 bits per heavy atom. The molecule has 2 aromatic rings. The fourth-order valence-electron chi connectivity index (χ4n) is 4.53. The average Bonchev–Trinajstić information content (AvgIpc) is 3.34. The first kappa shape index (κ1) is 16.7. The van der Waals surface area contributed by atoms with Gasteiger partial charge in [-0.3, -0.25) is 9.48 Å². The van der Waals surface area contributed by atoms with Gasteiger partial charge in [0, 0.05) is 62.7 Å². The molecule has 1 amide bonds. The van der Waals surface area contributed by atoms with E-state index in [1.807, 2.05) is 23.1 Å². The molecule has 8 nitrogen and oxygen atoms in total. The van der Waals surface area contributed by atoms with Crippen LogP contribution in [-0.4, -0.2) is 62.9 Å². The molecule has 2 fully saturated rings. The molecule has 0 radical (unpaired) electrons. The van der Waals surface area contributed by atoms with Crippen molar-refractivity contribution in [1.82, 2.24) is 24.6 Å². The van der Waals surface area contributed by atoms with E-state index < -0.39 is 0 Å². The lowest BCUT2D eigenvalue weighted by Gasteiger charge is -2.36. The van der Waals surface area contributed by atoms with Gasteiger partial charge in [-0.1, -0.05) is 0 Å². The summed E-state index contributed by atoms with van der Waals surface area (Å²) in [5.74, 6) is 1.01. The number of morpholine rings is 1. The summed E-state index contributed by atoms with van der Waals surface area (Å²) in [6, 6.07) is 2.27. The molecule has 0 N–H and O–H groups in total.